The number of H-pyrrole nitrogens is 1. The van der Waals surface area contributed by atoms with Crippen LogP contribution >= 0.6 is 0 Å². The number of nitrogens with two attached hydrogens (primary N) is 1. The number of fused-ring (bicyclic) bond motifs is 1. The molecule has 0 atom stereocenters. The molecule has 0 aliphatic heterocycles. The summed E-state index contributed by atoms with van der Waals surface area (Å²) in [6.45, 7) is 0. The van der Waals surface area contributed by atoms with E-state index in [2.05, 4.69) is 40.3 Å². The minimum Gasteiger partial charge on any atom is -0.366 e. The number of rotatable bonds is 5. The molecule has 4 heteroatoms. The zero-order chi connectivity index (χ0) is 17.9. The van der Waals surface area contributed by atoms with E-state index in [1.165, 1.54) is 11.1 Å². The molecule has 0 saturated heterocycles. The second-order valence-electron chi connectivity index (χ2n) is 6.37. The monoisotopic (exact) mass is 347 g/mol. The van der Waals surface area contributed by atoms with Gasteiger partial charge in [0.05, 0.1) is 0 Å². The van der Waals surface area contributed by atoms with Crippen LogP contribution in [0, 0.1) is 0 Å². The first-order chi connectivity index (χ1) is 12.7. The summed E-state index contributed by atoms with van der Waals surface area (Å²) in [6, 6.07) is 20.0. The molecule has 4 rings (SSSR count). The van der Waals surface area contributed by atoms with Gasteiger partial charge in [-0.15, -0.1) is 0 Å². The predicted molar refractivity (Wildman–Crippen MR) is 110 cm³/mol. The lowest BCUT2D eigenvalue weighted by atomic mass is 10.0. The fraction of sp³-hybridized carbons (Fsp3) is 0.0909. The van der Waals surface area contributed by atoms with Crippen LogP contribution in [0.25, 0.3) is 22.2 Å². The minimum absolute atomic E-state index is 0. The number of hydrogen-bond donors (Lipinski definition) is 2. The van der Waals surface area contributed by atoms with Gasteiger partial charge in [-0.2, -0.15) is 0 Å². The first kappa shape index (κ1) is 16.1. The molecule has 3 N–H and O–H groups in total. The van der Waals surface area contributed by atoms with Gasteiger partial charge in [0, 0.05) is 33.2 Å². The maximum absolute atomic E-state index is 11.3. The van der Waals surface area contributed by atoms with E-state index in [0.29, 0.717) is 5.56 Å². The van der Waals surface area contributed by atoms with E-state index in [1.807, 2.05) is 30.6 Å². The van der Waals surface area contributed by atoms with Crippen molar-refractivity contribution in [2.75, 3.05) is 0 Å². The summed E-state index contributed by atoms with van der Waals surface area (Å²) in [4.78, 5) is 19.0. The minimum atomic E-state index is -0.416. The van der Waals surface area contributed by atoms with Gasteiger partial charge in [0.25, 0.3) is 0 Å². The second-order valence-corrected chi connectivity index (χ2v) is 6.37. The summed E-state index contributed by atoms with van der Waals surface area (Å²) >= 11 is 0. The van der Waals surface area contributed by atoms with Crippen LogP contribution in [0.15, 0.2) is 73.1 Å². The third kappa shape index (κ3) is 3.22. The molecular weight excluding hydrogens is 322 g/mol. The van der Waals surface area contributed by atoms with Crippen LogP contribution in [0.2, 0.25) is 0 Å². The average molecular weight is 347 g/mol. The van der Waals surface area contributed by atoms with Crippen molar-refractivity contribution in [1.29, 1.82) is 0 Å². The Morgan fingerprint density at radius 2 is 1.73 bits per heavy atom. The quantitative estimate of drug-likeness (QED) is 0.541. The molecule has 134 valence electrons. The number of nitrogens with zero attached hydrogens (tertiary/aromatic N) is 1. The summed E-state index contributed by atoms with van der Waals surface area (Å²) in [5.41, 5.74) is 11.3. The van der Waals surface area contributed by atoms with E-state index in [0.717, 1.165) is 35.0 Å². The summed E-state index contributed by atoms with van der Waals surface area (Å²) in [7, 11) is 0. The Balaban J connectivity index is 0.00000140. The molecule has 4 aromatic rings. The molecule has 26 heavy (non-hydrogen) atoms. The van der Waals surface area contributed by atoms with Crippen molar-refractivity contribution >= 4 is 16.9 Å². The lowest BCUT2D eigenvalue weighted by Gasteiger charge is -2.04. The standard InChI is InChI=1S/C22H19N3O.3H2/c23-21(26)18-10-8-17(9-11-18)20-14-25-22-19(20)12-16(13-24-22)7-6-15-4-2-1-3-5-15;;;/h1-5,8-14H,6-7H2,(H2,23,26)(H,24,25);3*1H. The van der Waals surface area contributed by atoms with Gasteiger partial charge in [0.1, 0.15) is 5.65 Å². The van der Waals surface area contributed by atoms with Crippen LogP contribution in [-0.4, -0.2) is 15.9 Å². The van der Waals surface area contributed by atoms with Crippen molar-refractivity contribution in [2.45, 2.75) is 12.8 Å². The smallest absolute Gasteiger partial charge is 0.248 e. The second kappa shape index (κ2) is 6.84. The summed E-state index contributed by atoms with van der Waals surface area (Å²) in [5.74, 6) is -0.416. The van der Waals surface area contributed by atoms with Crippen molar-refractivity contribution in [3.05, 3.63) is 89.7 Å². The molecule has 0 aliphatic carbocycles. The van der Waals surface area contributed by atoms with Crippen LogP contribution in [-0.2, 0) is 12.8 Å². The van der Waals surface area contributed by atoms with Crippen LogP contribution in [0.4, 0.5) is 0 Å². The van der Waals surface area contributed by atoms with E-state index >= 15 is 0 Å². The molecule has 2 heterocycles. The van der Waals surface area contributed by atoms with Crippen molar-refractivity contribution in [3.63, 3.8) is 0 Å². The number of aryl methyl sites for hydroxylation is 2. The highest BCUT2D eigenvalue weighted by atomic mass is 16.1. The Hall–Kier alpha value is -3.40. The molecule has 4 nitrogen and oxygen atoms in total. The highest BCUT2D eigenvalue weighted by Gasteiger charge is 2.09. The Morgan fingerprint density at radius 1 is 1.00 bits per heavy atom. The third-order valence-electron chi connectivity index (χ3n) is 4.61. The molecule has 0 aliphatic rings. The fourth-order valence-corrected chi connectivity index (χ4v) is 3.17. The molecule has 0 spiro atoms. The average Bonchev–Trinajstić information content (AvgIpc) is 3.10. The number of hydrogen-bond acceptors (Lipinski definition) is 2. The fourth-order valence-electron chi connectivity index (χ4n) is 3.17. The molecule has 0 fully saturated rings. The van der Waals surface area contributed by atoms with Gasteiger partial charge in [-0.05, 0) is 47.7 Å². The first-order valence-corrected chi connectivity index (χ1v) is 8.61. The van der Waals surface area contributed by atoms with E-state index in [4.69, 9.17) is 5.73 Å². The van der Waals surface area contributed by atoms with Crippen LogP contribution in [0.1, 0.15) is 25.8 Å². The number of pyridine rings is 1. The number of amides is 1. The van der Waals surface area contributed by atoms with Gasteiger partial charge >= 0.3 is 0 Å². The number of primary amides is 1. The van der Waals surface area contributed by atoms with Crippen LogP contribution in [0.3, 0.4) is 0 Å². The Kier molecular flexibility index (Phi) is 4.23. The lowest BCUT2D eigenvalue weighted by Crippen LogP contribution is -2.10. The molecule has 2 aromatic carbocycles. The summed E-state index contributed by atoms with van der Waals surface area (Å²) < 4.78 is 0. The van der Waals surface area contributed by atoms with Crippen molar-refractivity contribution in [3.8, 4) is 11.1 Å². The number of nitrogens with one attached hydrogen (secondary N) is 1. The summed E-state index contributed by atoms with van der Waals surface area (Å²) in [5, 5.41) is 1.09. The normalized spacial score (nSPS) is 10.9. The Bertz CT molecular complexity index is 1060. The Labute approximate surface area is 156 Å². The van der Waals surface area contributed by atoms with Crippen LogP contribution < -0.4 is 5.73 Å². The van der Waals surface area contributed by atoms with Gasteiger partial charge < -0.3 is 10.7 Å². The lowest BCUT2D eigenvalue weighted by molar-refractivity contribution is 0.100. The molecule has 0 radical (unpaired) electrons. The highest BCUT2D eigenvalue weighted by Crippen LogP contribution is 2.28. The van der Waals surface area contributed by atoms with Crippen molar-refractivity contribution < 1.29 is 9.07 Å². The van der Waals surface area contributed by atoms with E-state index < -0.39 is 5.91 Å². The molecule has 0 saturated carbocycles. The van der Waals surface area contributed by atoms with E-state index in [1.54, 1.807) is 12.1 Å². The summed E-state index contributed by atoms with van der Waals surface area (Å²) in [6.07, 6.45) is 5.82. The number of carbonyl (C=O) groups excluding carboxylic acids is 1. The van der Waals surface area contributed by atoms with Gasteiger partial charge in [0.15, 0.2) is 0 Å². The zero-order valence-electron chi connectivity index (χ0n) is 14.3. The molecule has 2 aromatic heterocycles. The topological polar surface area (TPSA) is 71.8 Å². The number of carbonyl (C=O) groups is 1. The Morgan fingerprint density at radius 3 is 2.46 bits per heavy atom. The molecule has 0 unspecified atom stereocenters. The predicted octanol–water partition coefficient (Wildman–Crippen LogP) is 4.85. The van der Waals surface area contributed by atoms with E-state index in [9.17, 15) is 4.79 Å². The SMILES string of the molecule is NC(=O)c1ccc(-c2c[nH]c3ncc(CCc4ccccc4)cc23)cc1.[HH].[HH].[HH]. The molecular formula is C22H25N3O. The maximum atomic E-state index is 11.3. The van der Waals surface area contributed by atoms with Crippen LogP contribution in [0.5, 0.6) is 0 Å². The van der Waals surface area contributed by atoms with Crippen molar-refractivity contribution in [2.24, 2.45) is 5.73 Å². The highest BCUT2D eigenvalue weighted by molar-refractivity contribution is 5.96. The van der Waals surface area contributed by atoms with Gasteiger partial charge in [-0.25, -0.2) is 4.98 Å². The van der Waals surface area contributed by atoms with Gasteiger partial charge in [-0.3, -0.25) is 4.79 Å². The van der Waals surface area contributed by atoms with Gasteiger partial charge in [-0.1, -0.05) is 42.5 Å². The van der Waals surface area contributed by atoms with Gasteiger partial charge in [0.2, 0.25) is 5.91 Å². The van der Waals surface area contributed by atoms with Crippen molar-refractivity contribution in [1.82, 2.24) is 9.97 Å². The number of aromatic nitrogens is 2. The van der Waals surface area contributed by atoms with E-state index in [-0.39, 0.29) is 4.28 Å². The third-order valence-corrected chi connectivity index (χ3v) is 4.61. The zero-order valence-corrected chi connectivity index (χ0v) is 14.3. The largest absolute Gasteiger partial charge is 0.366 e. The first-order valence-electron chi connectivity index (χ1n) is 8.61. The number of benzene rings is 2. The number of aromatic amines is 1. The molecule has 1 amide bonds. The maximum Gasteiger partial charge on any atom is 0.248 e. The molecule has 0 bridgehead atoms.